The minimum absolute atomic E-state index is 0.0132. The fourth-order valence-electron chi connectivity index (χ4n) is 10.5. The fraction of sp³-hybridized carbons (Fsp3) is 0.867. The van der Waals surface area contributed by atoms with E-state index >= 15 is 0 Å². The third-order valence-electron chi connectivity index (χ3n) is 13.2. The molecule has 4 fully saturated rings. The van der Waals surface area contributed by atoms with Crippen LogP contribution < -0.4 is 0 Å². The second kappa shape index (κ2) is 7.43. The number of aliphatic hydroxyl groups excluding tert-OH is 2. The maximum absolute atomic E-state index is 12.8. The van der Waals surface area contributed by atoms with E-state index < -0.39 is 29.0 Å². The van der Waals surface area contributed by atoms with Crippen molar-refractivity contribution in [2.24, 2.45) is 50.2 Å². The van der Waals surface area contributed by atoms with Gasteiger partial charge in [0.25, 0.3) is 0 Å². The van der Waals surface area contributed by atoms with Crippen molar-refractivity contribution in [3.8, 4) is 0 Å². The summed E-state index contributed by atoms with van der Waals surface area (Å²) in [5, 5.41) is 32.2. The smallest absolute Gasteiger partial charge is 0.310 e. The van der Waals surface area contributed by atoms with Crippen LogP contribution in [0.2, 0.25) is 0 Å². The molecule has 0 radical (unpaired) electrons. The first-order valence-electron chi connectivity index (χ1n) is 13.9. The molecule has 5 aliphatic carbocycles. The van der Waals surface area contributed by atoms with E-state index in [1.54, 1.807) is 0 Å². The Balaban J connectivity index is 1.61. The Labute approximate surface area is 210 Å². The summed E-state index contributed by atoms with van der Waals surface area (Å²) in [5.74, 6) is -0.230. The van der Waals surface area contributed by atoms with Crippen molar-refractivity contribution >= 4 is 12.3 Å². The summed E-state index contributed by atoms with van der Waals surface area (Å²) in [6.07, 6.45) is 9.18. The van der Waals surface area contributed by atoms with E-state index in [0.717, 1.165) is 38.4 Å². The predicted octanol–water partition coefficient (Wildman–Crippen LogP) is 5.38. The van der Waals surface area contributed by atoms with Crippen molar-refractivity contribution in [1.29, 1.82) is 0 Å². The summed E-state index contributed by atoms with van der Waals surface area (Å²) in [6, 6.07) is 0. The lowest BCUT2D eigenvalue weighted by atomic mass is 9.33. The molecule has 5 nitrogen and oxygen atoms in total. The van der Waals surface area contributed by atoms with Crippen molar-refractivity contribution in [3.05, 3.63) is 11.6 Å². The predicted molar refractivity (Wildman–Crippen MR) is 134 cm³/mol. The molecule has 9 unspecified atom stereocenters. The fourth-order valence-corrected chi connectivity index (χ4v) is 10.5. The van der Waals surface area contributed by atoms with E-state index in [4.69, 9.17) is 0 Å². The lowest BCUT2D eigenvalue weighted by Crippen LogP contribution is -2.66. The molecule has 0 aromatic rings. The molecule has 0 saturated heterocycles. The number of rotatable bonds is 2. The SMILES string of the molecule is CC1(C=O)C(O)CCC2(C)C1CCC1(C)C2CC=C2C3CC(C)(C)[C@@H](O)CC3(C(=O)O)CCC21C. The number of carboxylic acid groups (broad SMARTS) is 1. The maximum atomic E-state index is 12.8. The molecule has 4 saturated carbocycles. The zero-order chi connectivity index (χ0) is 25.8. The Kier molecular flexibility index (Phi) is 5.40. The van der Waals surface area contributed by atoms with Gasteiger partial charge in [0.2, 0.25) is 0 Å². The molecule has 0 aliphatic heterocycles. The number of aldehydes is 1. The quantitative estimate of drug-likeness (QED) is 0.360. The third kappa shape index (κ3) is 2.94. The van der Waals surface area contributed by atoms with Gasteiger partial charge in [-0.2, -0.15) is 0 Å². The average molecular weight is 487 g/mol. The molecule has 0 aromatic carbocycles. The molecule has 0 bridgehead atoms. The minimum Gasteiger partial charge on any atom is -0.481 e. The molecule has 5 heteroatoms. The molecule has 3 N–H and O–H groups in total. The number of allylic oxidation sites excluding steroid dienone is 2. The van der Waals surface area contributed by atoms with Crippen LogP contribution in [-0.4, -0.2) is 39.8 Å². The highest BCUT2D eigenvalue weighted by Crippen LogP contribution is 2.75. The van der Waals surface area contributed by atoms with Gasteiger partial charge in [-0.3, -0.25) is 4.79 Å². The van der Waals surface area contributed by atoms with Crippen LogP contribution in [0, 0.1) is 50.2 Å². The zero-order valence-corrected chi connectivity index (χ0v) is 22.6. The topological polar surface area (TPSA) is 94.8 Å². The molecule has 5 rings (SSSR count). The zero-order valence-electron chi connectivity index (χ0n) is 22.6. The van der Waals surface area contributed by atoms with Crippen LogP contribution >= 0.6 is 0 Å². The van der Waals surface area contributed by atoms with Gasteiger partial charge in [-0.25, -0.2) is 0 Å². The molecule has 0 spiro atoms. The molecule has 35 heavy (non-hydrogen) atoms. The number of aliphatic carboxylic acids is 1. The van der Waals surface area contributed by atoms with Crippen LogP contribution in [0.3, 0.4) is 0 Å². The number of carbonyl (C=O) groups is 2. The summed E-state index contributed by atoms with van der Waals surface area (Å²) in [6.45, 7) is 13.4. The Hall–Kier alpha value is -1.20. The first-order chi connectivity index (χ1) is 16.1. The van der Waals surface area contributed by atoms with Gasteiger partial charge in [-0.15, -0.1) is 0 Å². The highest BCUT2D eigenvalue weighted by atomic mass is 16.4. The monoisotopic (exact) mass is 486 g/mol. The van der Waals surface area contributed by atoms with Gasteiger partial charge in [-0.1, -0.05) is 53.2 Å². The molecular weight excluding hydrogens is 440 g/mol. The second-order valence-electron chi connectivity index (χ2n) is 14.8. The Morgan fingerprint density at radius 3 is 2.23 bits per heavy atom. The summed E-state index contributed by atoms with van der Waals surface area (Å²) in [5.41, 5.74) is -0.672. The summed E-state index contributed by atoms with van der Waals surface area (Å²) >= 11 is 0. The van der Waals surface area contributed by atoms with Gasteiger partial charge in [-0.05, 0) is 97.2 Å². The number of aliphatic hydroxyl groups is 2. The van der Waals surface area contributed by atoms with Gasteiger partial charge >= 0.3 is 5.97 Å². The Bertz CT molecular complexity index is 970. The Morgan fingerprint density at radius 2 is 1.60 bits per heavy atom. The van der Waals surface area contributed by atoms with Crippen LogP contribution in [0.4, 0.5) is 0 Å². The first-order valence-corrected chi connectivity index (χ1v) is 13.9. The van der Waals surface area contributed by atoms with E-state index in [-0.39, 0.29) is 33.5 Å². The van der Waals surface area contributed by atoms with Crippen molar-refractivity contribution in [1.82, 2.24) is 0 Å². The van der Waals surface area contributed by atoms with Crippen LogP contribution in [0.1, 0.15) is 99.3 Å². The largest absolute Gasteiger partial charge is 0.481 e. The second-order valence-corrected chi connectivity index (χ2v) is 14.8. The van der Waals surface area contributed by atoms with E-state index in [1.165, 1.54) is 5.57 Å². The van der Waals surface area contributed by atoms with Gasteiger partial charge in [0.15, 0.2) is 0 Å². The normalized spacial score (nSPS) is 54.9. The van der Waals surface area contributed by atoms with E-state index in [1.807, 2.05) is 6.92 Å². The third-order valence-corrected chi connectivity index (χ3v) is 13.2. The number of hydrogen-bond acceptors (Lipinski definition) is 4. The number of carboxylic acids is 1. The number of fused-ring (bicyclic) bond motifs is 7. The van der Waals surface area contributed by atoms with E-state index in [9.17, 15) is 24.9 Å². The summed E-state index contributed by atoms with van der Waals surface area (Å²) in [4.78, 5) is 25.1. The molecule has 10 atom stereocenters. The van der Waals surface area contributed by atoms with Gasteiger partial charge in [0, 0.05) is 0 Å². The molecule has 0 aromatic heterocycles. The van der Waals surface area contributed by atoms with Crippen LogP contribution in [0.25, 0.3) is 0 Å². The van der Waals surface area contributed by atoms with E-state index in [0.29, 0.717) is 31.6 Å². The van der Waals surface area contributed by atoms with Crippen LogP contribution in [0.5, 0.6) is 0 Å². The standard InChI is InChI=1S/C30H46O5/c1-25(2)15-19-18-7-8-21-26(3)11-10-22(32)27(4,17-31)20(26)9-12-29(21,6)28(18,5)13-14-30(19,24(34)35)16-23(25)33/h7,17,19-23,32-33H,8-16H2,1-6H3,(H,34,35)/t19?,20?,21?,22?,23-,26?,27?,28?,29?,30?/m0/s1. The number of hydrogen-bond donors (Lipinski definition) is 3. The van der Waals surface area contributed by atoms with Crippen molar-refractivity contribution in [3.63, 3.8) is 0 Å². The molecule has 0 amide bonds. The Morgan fingerprint density at radius 1 is 0.914 bits per heavy atom. The molecule has 0 heterocycles. The lowest BCUT2D eigenvalue weighted by Gasteiger charge is -2.71. The van der Waals surface area contributed by atoms with Crippen molar-refractivity contribution < 1.29 is 24.9 Å². The average Bonchev–Trinajstić information content (AvgIpc) is 2.78. The van der Waals surface area contributed by atoms with Crippen LogP contribution in [-0.2, 0) is 9.59 Å². The van der Waals surface area contributed by atoms with Gasteiger partial charge in [0.05, 0.1) is 23.0 Å². The molecule has 5 aliphatic rings. The van der Waals surface area contributed by atoms with Crippen LogP contribution in [0.15, 0.2) is 11.6 Å². The minimum atomic E-state index is -0.879. The first kappa shape index (κ1) is 25.4. The number of carbonyl (C=O) groups excluding carboxylic acids is 1. The maximum Gasteiger partial charge on any atom is 0.310 e. The summed E-state index contributed by atoms with van der Waals surface area (Å²) in [7, 11) is 0. The molecular formula is C30H46O5. The van der Waals surface area contributed by atoms with Crippen molar-refractivity contribution in [2.75, 3.05) is 0 Å². The van der Waals surface area contributed by atoms with Gasteiger partial charge < -0.3 is 20.1 Å². The summed E-state index contributed by atoms with van der Waals surface area (Å²) < 4.78 is 0. The van der Waals surface area contributed by atoms with Gasteiger partial charge in [0.1, 0.15) is 6.29 Å². The van der Waals surface area contributed by atoms with E-state index in [2.05, 4.69) is 40.7 Å². The highest BCUT2D eigenvalue weighted by molar-refractivity contribution is 5.77. The highest BCUT2D eigenvalue weighted by Gasteiger charge is 2.70. The molecule has 196 valence electrons. The lowest BCUT2D eigenvalue weighted by molar-refractivity contribution is -0.207. The van der Waals surface area contributed by atoms with Crippen molar-refractivity contribution in [2.45, 2.75) is 112 Å².